The molecule has 34 nitrogen and oxygen atoms in total. The SMILES string of the molecule is C=C1NC(=O)[C@H]2CSC(=N2)c2csc(n2)-c2ccc3c(n2)[C@H](C)NC(=O)[C@@H]2CCCN2C(=O)C(=CC)NC(=O)CNC(=O)[C@H](CCCNC(=N)N)NC(=O)[C@@](C)(NC(=O)C(=CC)NC(=O)[C@H]2CSC(=N2)[C@H](CC(N)=O)NC3=O)SC[C@@H](C(=O)O)NC(=O)[C@H]2CSC(=N2)c2csc(n2)-c2csc1n2. The first-order chi connectivity index (χ1) is 48.7. The Balaban J connectivity index is 1.05. The average Bonchev–Trinajstić information content (AvgIpc) is 1.71. The monoisotopic (exact) mass is 1530 g/mol. The minimum Gasteiger partial charge on any atom is -0.480 e. The molecular formula is C61H69N21O13S7. The number of thiazole rings is 3. The molecule has 0 radical (unpaired) electrons. The summed E-state index contributed by atoms with van der Waals surface area (Å²) in [4.78, 5) is 201. The van der Waals surface area contributed by atoms with Crippen molar-refractivity contribution in [3.8, 4) is 21.4 Å². The number of aliphatic imine (C=N–C) groups is 3. The lowest BCUT2D eigenvalue weighted by Gasteiger charge is -2.32. The predicted octanol–water partition coefficient (Wildman–Crippen LogP) is 0.0186. The number of pyridine rings is 1. The van der Waals surface area contributed by atoms with Crippen molar-refractivity contribution in [3.63, 3.8) is 0 Å². The summed E-state index contributed by atoms with van der Waals surface area (Å²) in [5, 5.41) is 51.8. The van der Waals surface area contributed by atoms with Gasteiger partial charge >= 0.3 is 5.97 Å². The van der Waals surface area contributed by atoms with E-state index in [1.54, 1.807) is 23.1 Å². The Morgan fingerprint density at radius 1 is 0.716 bits per heavy atom. The molecule has 0 unspecified atom stereocenters. The van der Waals surface area contributed by atoms with Gasteiger partial charge in [0.05, 0.1) is 52.7 Å². The number of nitrogens with two attached hydrogens (primary N) is 2. The van der Waals surface area contributed by atoms with Crippen LogP contribution < -0.4 is 64.6 Å². The third-order valence-corrected chi connectivity index (χ3v) is 23.4. The van der Waals surface area contributed by atoms with Crippen molar-refractivity contribution in [1.82, 2.24) is 78.0 Å². The number of nitrogens with zero attached hydrogens (tertiary/aromatic N) is 8. The van der Waals surface area contributed by atoms with Gasteiger partial charge in [0.2, 0.25) is 41.4 Å². The molecule has 4 aromatic heterocycles. The number of thioether (sulfide) groups is 4. The Morgan fingerprint density at radius 3 is 2.01 bits per heavy atom. The molecule has 102 heavy (non-hydrogen) atoms. The number of rotatable bonds is 7. The molecule has 11 amide bonds. The van der Waals surface area contributed by atoms with E-state index >= 15 is 4.79 Å². The number of aliphatic carboxylic acids is 1. The lowest BCUT2D eigenvalue weighted by Crippen LogP contribution is -2.60. The summed E-state index contributed by atoms with van der Waals surface area (Å²) in [5.74, 6) is -11.8. The first kappa shape index (κ1) is 75.2. The van der Waals surface area contributed by atoms with Crippen LogP contribution in [0.5, 0.6) is 0 Å². The Hall–Kier alpha value is -9.42. The second-order valence-corrected chi connectivity index (χ2v) is 30.5. The van der Waals surface area contributed by atoms with Crippen molar-refractivity contribution in [2.24, 2.45) is 26.4 Å². The van der Waals surface area contributed by atoms with Crippen molar-refractivity contribution < 1.29 is 62.6 Å². The summed E-state index contributed by atoms with van der Waals surface area (Å²) in [7, 11) is 0. The number of aromatic nitrogens is 4. The minimum atomic E-state index is -2.31. The van der Waals surface area contributed by atoms with Gasteiger partial charge in [0, 0.05) is 52.2 Å². The van der Waals surface area contributed by atoms with Gasteiger partial charge in [-0.2, -0.15) is 0 Å². The predicted molar refractivity (Wildman–Crippen MR) is 388 cm³/mol. The van der Waals surface area contributed by atoms with Crippen LogP contribution >= 0.6 is 81.1 Å². The first-order valence-corrected chi connectivity index (χ1v) is 38.1. The molecule has 1 fully saturated rings. The molecule has 0 aromatic carbocycles. The highest BCUT2D eigenvalue weighted by Gasteiger charge is 2.43. The highest BCUT2D eigenvalue weighted by atomic mass is 32.2. The van der Waals surface area contributed by atoms with Crippen LogP contribution in [-0.2, 0) is 52.7 Å². The molecule has 16 bridgehead atoms. The summed E-state index contributed by atoms with van der Waals surface area (Å²) in [6, 6.07) is -7.15. The molecule has 0 spiro atoms. The van der Waals surface area contributed by atoms with Crippen molar-refractivity contribution in [1.29, 1.82) is 5.41 Å². The molecule has 7 aliphatic heterocycles. The van der Waals surface area contributed by atoms with E-state index in [2.05, 4.69) is 74.7 Å². The number of amides is 11. The zero-order chi connectivity index (χ0) is 73.3. The number of guanidine groups is 1. The van der Waals surface area contributed by atoms with Gasteiger partial charge in [-0.05, 0) is 65.5 Å². The standard InChI is InChI=1S/C61H69N21O13S7/c1-6-28-49(90)81-61(5)59(95)80-30(10-8-14-65-60(63)64)45(86)66-17-42(84)69-29(7-2)57(92)82-15-9-11-40(82)50(91)67-25(3)43-27(44(85)72-32(16-41(62)83)53-74-34(19-97-53)47(88)71-28)12-13-31(70-43)52-78-37(22-100-52)54-75-33(18-98-54)46(87)68-26(4)51-77-36(21-96-51)56-79-38(23-101-56)55-76-35(20-99-55)48(89)73-39(24-102-61)58(93)94/h6-7,12-13,21-23,25,30,32-35,39-40H,4,8-11,14-20,24H2,1-3,5H3,(H2,62,83)(H,66,86)(H,67,91)(H,68,87)(H,69,84)(H,71,88)(H,72,85)(H,73,89)(H,80,95)(H,81,90)(H,93,94)(H4,63,64,65)/t25-,30-,32-,33+,34+,35+,39-,40-,61-/m0/s1. The lowest BCUT2D eigenvalue weighted by atomic mass is 10.0. The Kier molecular flexibility index (Phi) is 24.4. The number of carboxylic acid groups (broad SMARTS) is 1. The summed E-state index contributed by atoms with van der Waals surface area (Å²) in [6.07, 6.45) is 2.32. The van der Waals surface area contributed by atoms with Crippen LogP contribution in [0.2, 0.25) is 0 Å². The largest absolute Gasteiger partial charge is 0.480 e. The van der Waals surface area contributed by atoms with Gasteiger partial charge in [0.1, 0.15) is 89.8 Å². The van der Waals surface area contributed by atoms with Gasteiger partial charge in [-0.3, -0.25) is 73.1 Å². The first-order valence-electron chi connectivity index (χ1n) is 31.5. The van der Waals surface area contributed by atoms with Crippen LogP contribution in [0.4, 0.5) is 0 Å². The third kappa shape index (κ3) is 18.1. The fourth-order valence-corrected chi connectivity index (χ4v) is 17.5. The molecule has 1 saturated heterocycles. The molecule has 0 aliphatic carbocycles. The van der Waals surface area contributed by atoms with Gasteiger partial charge in [-0.1, -0.05) is 18.7 Å². The van der Waals surface area contributed by atoms with Crippen LogP contribution in [0.1, 0.15) is 98.3 Å². The van der Waals surface area contributed by atoms with E-state index in [1.165, 1.54) is 107 Å². The summed E-state index contributed by atoms with van der Waals surface area (Å²) in [6.45, 7) is 8.94. The molecule has 11 heterocycles. The van der Waals surface area contributed by atoms with Crippen molar-refractivity contribution in [2.75, 3.05) is 42.6 Å². The van der Waals surface area contributed by atoms with Crippen LogP contribution in [0.3, 0.4) is 0 Å². The Bertz CT molecular complexity index is 4280. The second kappa shape index (κ2) is 33.1. The van der Waals surface area contributed by atoms with Gasteiger partial charge in [-0.15, -0.1) is 81.1 Å². The maximum absolute atomic E-state index is 15.0. The number of fused-ring (bicyclic) bond motifs is 8. The van der Waals surface area contributed by atoms with E-state index in [1.807, 2.05) is 0 Å². The van der Waals surface area contributed by atoms with Crippen LogP contribution in [0.25, 0.3) is 27.1 Å². The Labute approximate surface area is 610 Å². The van der Waals surface area contributed by atoms with Crippen molar-refractivity contribution in [3.05, 3.63) is 86.1 Å². The molecule has 4 aromatic rings. The zero-order valence-corrected chi connectivity index (χ0v) is 60.5. The highest BCUT2D eigenvalue weighted by molar-refractivity contribution is 8.15. The molecule has 41 heteroatoms. The average molecular weight is 1530 g/mol. The second-order valence-electron chi connectivity index (χ2n) is 23.5. The van der Waals surface area contributed by atoms with Gasteiger partial charge in [0.15, 0.2) is 10.8 Å². The quantitative estimate of drug-likeness (QED) is 0.0502. The summed E-state index contributed by atoms with van der Waals surface area (Å²) >= 11 is 7.63. The van der Waals surface area contributed by atoms with Gasteiger partial charge in [-0.25, -0.2) is 24.7 Å². The van der Waals surface area contributed by atoms with Crippen molar-refractivity contribution in [2.45, 2.75) is 113 Å². The summed E-state index contributed by atoms with van der Waals surface area (Å²) < 4.78 is 0. The molecule has 7 aliphatic rings. The fraction of sp³-hybridized carbons (Fsp3) is 0.410. The normalized spacial score (nSPS) is 26.1. The maximum Gasteiger partial charge on any atom is 0.327 e. The number of primary amides is 1. The van der Waals surface area contributed by atoms with Gasteiger partial charge < -0.3 is 74.6 Å². The number of allylic oxidation sites excluding steroid dienone is 2. The zero-order valence-electron chi connectivity index (χ0n) is 54.8. The van der Waals surface area contributed by atoms with E-state index in [0.717, 1.165) is 11.8 Å². The van der Waals surface area contributed by atoms with Gasteiger partial charge in [0.25, 0.3) is 23.6 Å². The van der Waals surface area contributed by atoms with Crippen LogP contribution in [-0.4, -0.2) is 212 Å². The van der Waals surface area contributed by atoms with Crippen LogP contribution in [0, 0.1) is 5.41 Å². The molecule has 9 atom stereocenters. The number of carboxylic acids is 1. The van der Waals surface area contributed by atoms with Crippen molar-refractivity contribution >= 4 is 179 Å². The van der Waals surface area contributed by atoms with E-state index in [-0.39, 0.29) is 83.0 Å². The smallest absolute Gasteiger partial charge is 0.327 e. The number of carbonyl (C=O) groups excluding carboxylic acids is 11. The number of nitrogens with one attached hydrogen (secondary N) is 11. The fourth-order valence-electron chi connectivity index (χ4n) is 10.8. The number of hydrogen-bond acceptors (Lipinski definition) is 27. The Morgan fingerprint density at radius 2 is 1.34 bits per heavy atom. The number of carbonyl (C=O) groups is 12. The molecule has 16 N–H and O–H groups in total. The van der Waals surface area contributed by atoms with E-state index in [4.69, 9.17) is 36.8 Å². The number of hydrogen-bond donors (Lipinski definition) is 14. The maximum atomic E-state index is 15.0. The van der Waals surface area contributed by atoms with E-state index in [9.17, 15) is 57.8 Å². The van der Waals surface area contributed by atoms with Crippen LogP contribution in [0.15, 0.2) is 73.4 Å². The topological polar surface area (TPSA) is 513 Å². The van der Waals surface area contributed by atoms with E-state index in [0.29, 0.717) is 60.4 Å². The molecule has 0 saturated carbocycles. The summed E-state index contributed by atoms with van der Waals surface area (Å²) in [5.41, 5.74) is 12.2. The third-order valence-electron chi connectivity index (χ3n) is 16.1. The molecule has 11 rings (SSSR count). The highest BCUT2D eigenvalue weighted by Crippen LogP contribution is 2.35. The lowest BCUT2D eigenvalue weighted by molar-refractivity contribution is -0.141. The van der Waals surface area contributed by atoms with E-state index < -0.39 is 155 Å². The molecule has 538 valence electrons. The minimum absolute atomic E-state index is 0.000233. The molecular weight excluding hydrogens is 1460 g/mol.